The lowest BCUT2D eigenvalue weighted by atomic mass is 9.88. The molecule has 0 bridgehead atoms. The van der Waals surface area contributed by atoms with E-state index in [1.54, 1.807) is 12.1 Å². The molecule has 1 aromatic carbocycles. The highest BCUT2D eigenvalue weighted by molar-refractivity contribution is 5.99. The standard InChI is InChI=1S/C10H10O3/c11-6-4-8-7(10(13)5-6)2-1-3-9(8)12/h1-3,6,11-12H,4-5H2. The first kappa shape index (κ1) is 8.26. The third-order valence-corrected chi connectivity index (χ3v) is 2.31. The highest BCUT2D eigenvalue weighted by Gasteiger charge is 2.25. The molecular formula is C10H10O3. The summed E-state index contributed by atoms with van der Waals surface area (Å²) in [5.41, 5.74) is 1.12. The molecule has 2 rings (SSSR count). The second-order valence-electron chi connectivity index (χ2n) is 3.29. The molecule has 0 heterocycles. The fourth-order valence-electron chi connectivity index (χ4n) is 1.68. The predicted molar refractivity (Wildman–Crippen MR) is 46.8 cm³/mol. The van der Waals surface area contributed by atoms with Gasteiger partial charge in [-0.3, -0.25) is 4.79 Å². The molecule has 0 aliphatic heterocycles. The van der Waals surface area contributed by atoms with Crippen LogP contribution in [0.1, 0.15) is 22.3 Å². The van der Waals surface area contributed by atoms with E-state index >= 15 is 0 Å². The fraction of sp³-hybridized carbons (Fsp3) is 0.300. The largest absolute Gasteiger partial charge is 0.508 e. The third-order valence-electron chi connectivity index (χ3n) is 2.31. The maximum atomic E-state index is 11.4. The smallest absolute Gasteiger partial charge is 0.165 e. The van der Waals surface area contributed by atoms with Crippen LogP contribution in [-0.2, 0) is 6.42 Å². The summed E-state index contributed by atoms with van der Waals surface area (Å²) >= 11 is 0. The van der Waals surface area contributed by atoms with Crippen LogP contribution < -0.4 is 0 Å². The average Bonchev–Trinajstić information content (AvgIpc) is 2.07. The number of aliphatic hydroxyl groups excluding tert-OH is 1. The number of ketones is 1. The van der Waals surface area contributed by atoms with Crippen LogP contribution in [0.4, 0.5) is 0 Å². The number of aliphatic hydroxyl groups is 1. The number of aromatic hydroxyl groups is 1. The zero-order chi connectivity index (χ0) is 9.42. The van der Waals surface area contributed by atoms with Gasteiger partial charge in [0.1, 0.15) is 5.75 Å². The summed E-state index contributed by atoms with van der Waals surface area (Å²) in [7, 11) is 0. The quantitative estimate of drug-likeness (QED) is 0.620. The minimum Gasteiger partial charge on any atom is -0.508 e. The van der Waals surface area contributed by atoms with Gasteiger partial charge in [-0.1, -0.05) is 12.1 Å². The van der Waals surface area contributed by atoms with Gasteiger partial charge in [-0.25, -0.2) is 0 Å². The number of hydrogen-bond acceptors (Lipinski definition) is 3. The SMILES string of the molecule is O=C1CC(O)Cc2c(O)cccc21. The molecule has 3 nitrogen and oxygen atoms in total. The second kappa shape index (κ2) is 2.85. The van der Waals surface area contributed by atoms with Crippen LogP contribution in [0.5, 0.6) is 5.75 Å². The molecule has 0 saturated heterocycles. The molecule has 2 N–H and O–H groups in total. The number of hydrogen-bond donors (Lipinski definition) is 2. The number of carbonyl (C=O) groups excluding carboxylic acids is 1. The van der Waals surface area contributed by atoms with Crippen LogP contribution in [0.15, 0.2) is 18.2 Å². The number of fused-ring (bicyclic) bond motifs is 1. The van der Waals surface area contributed by atoms with Crippen LogP contribution in [0.25, 0.3) is 0 Å². The van der Waals surface area contributed by atoms with Crippen LogP contribution >= 0.6 is 0 Å². The number of Topliss-reactive ketones (excluding diaryl/α,β-unsaturated/α-hetero) is 1. The minimum atomic E-state index is -0.645. The number of carbonyl (C=O) groups is 1. The summed E-state index contributed by atoms with van der Waals surface area (Å²) in [6.45, 7) is 0. The zero-order valence-electron chi connectivity index (χ0n) is 7.03. The Labute approximate surface area is 75.6 Å². The Hall–Kier alpha value is -1.35. The van der Waals surface area contributed by atoms with Crippen molar-refractivity contribution in [1.29, 1.82) is 0 Å². The van der Waals surface area contributed by atoms with E-state index in [1.807, 2.05) is 0 Å². The van der Waals surface area contributed by atoms with Crippen molar-refractivity contribution >= 4 is 5.78 Å². The first-order valence-corrected chi connectivity index (χ1v) is 4.20. The summed E-state index contributed by atoms with van der Waals surface area (Å²) in [6.07, 6.45) is -0.113. The Kier molecular flexibility index (Phi) is 1.81. The van der Waals surface area contributed by atoms with E-state index in [9.17, 15) is 15.0 Å². The van der Waals surface area contributed by atoms with Gasteiger partial charge in [0.15, 0.2) is 5.78 Å². The van der Waals surface area contributed by atoms with E-state index in [1.165, 1.54) is 6.07 Å². The van der Waals surface area contributed by atoms with Crippen LogP contribution in [0, 0.1) is 0 Å². The van der Waals surface area contributed by atoms with E-state index in [-0.39, 0.29) is 18.0 Å². The van der Waals surface area contributed by atoms with Gasteiger partial charge in [0.2, 0.25) is 0 Å². The van der Waals surface area contributed by atoms with Crippen LogP contribution in [0.3, 0.4) is 0 Å². The van der Waals surface area contributed by atoms with Gasteiger partial charge in [0, 0.05) is 24.0 Å². The minimum absolute atomic E-state index is 0.0929. The molecule has 0 aromatic heterocycles. The van der Waals surface area contributed by atoms with Gasteiger partial charge in [0.05, 0.1) is 6.10 Å². The topological polar surface area (TPSA) is 57.5 Å². The molecule has 1 atom stereocenters. The van der Waals surface area contributed by atoms with Gasteiger partial charge in [-0.15, -0.1) is 0 Å². The van der Waals surface area contributed by atoms with Gasteiger partial charge in [-0.05, 0) is 6.07 Å². The number of benzene rings is 1. The molecule has 1 aliphatic carbocycles. The van der Waals surface area contributed by atoms with E-state index in [4.69, 9.17) is 0 Å². The summed E-state index contributed by atoms with van der Waals surface area (Å²) < 4.78 is 0. The van der Waals surface area contributed by atoms with Gasteiger partial charge < -0.3 is 10.2 Å². The van der Waals surface area contributed by atoms with Crippen molar-refractivity contribution in [1.82, 2.24) is 0 Å². The third kappa shape index (κ3) is 1.31. The summed E-state index contributed by atoms with van der Waals surface area (Å²) in [4.78, 5) is 11.4. The van der Waals surface area contributed by atoms with Crippen molar-refractivity contribution in [2.75, 3.05) is 0 Å². The Morgan fingerprint density at radius 2 is 2.08 bits per heavy atom. The highest BCUT2D eigenvalue weighted by atomic mass is 16.3. The molecular weight excluding hydrogens is 168 g/mol. The number of rotatable bonds is 0. The van der Waals surface area contributed by atoms with Crippen LogP contribution in [0.2, 0.25) is 0 Å². The lowest BCUT2D eigenvalue weighted by molar-refractivity contribution is 0.0850. The van der Waals surface area contributed by atoms with Gasteiger partial charge in [-0.2, -0.15) is 0 Å². The molecule has 13 heavy (non-hydrogen) atoms. The number of phenolic OH excluding ortho intramolecular Hbond substituents is 1. The van der Waals surface area contributed by atoms with Crippen molar-refractivity contribution in [2.45, 2.75) is 18.9 Å². The molecule has 0 fully saturated rings. The molecule has 0 spiro atoms. The van der Waals surface area contributed by atoms with Crippen molar-refractivity contribution in [3.63, 3.8) is 0 Å². The van der Waals surface area contributed by atoms with Crippen LogP contribution in [-0.4, -0.2) is 22.1 Å². The van der Waals surface area contributed by atoms with Crippen molar-refractivity contribution in [2.24, 2.45) is 0 Å². The van der Waals surface area contributed by atoms with Gasteiger partial charge in [0.25, 0.3) is 0 Å². The Balaban J connectivity index is 2.55. The number of phenols is 1. The lowest BCUT2D eigenvalue weighted by Gasteiger charge is -2.19. The lowest BCUT2D eigenvalue weighted by Crippen LogP contribution is -2.23. The van der Waals surface area contributed by atoms with E-state index in [2.05, 4.69) is 0 Å². The van der Waals surface area contributed by atoms with Gasteiger partial charge >= 0.3 is 0 Å². The Morgan fingerprint density at radius 3 is 2.85 bits per heavy atom. The van der Waals surface area contributed by atoms with Crippen molar-refractivity contribution in [3.8, 4) is 5.75 Å². The van der Waals surface area contributed by atoms with Crippen molar-refractivity contribution < 1.29 is 15.0 Å². The molecule has 68 valence electrons. The first-order valence-electron chi connectivity index (χ1n) is 4.20. The Bertz CT molecular complexity index is 357. The zero-order valence-corrected chi connectivity index (χ0v) is 7.03. The van der Waals surface area contributed by atoms with E-state index < -0.39 is 6.10 Å². The van der Waals surface area contributed by atoms with E-state index in [0.717, 1.165) is 0 Å². The average molecular weight is 178 g/mol. The van der Waals surface area contributed by atoms with Crippen molar-refractivity contribution in [3.05, 3.63) is 29.3 Å². The summed E-state index contributed by atoms with van der Waals surface area (Å²) in [6, 6.07) is 4.86. The second-order valence-corrected chi connectivity index (χ2v) is 3.29. The molecule has 0 radical (unpaired) electrons. The Morgan fingerprint density at radius 1 is 1.31 bits per heavy atom. The maximum Gasteiger partial charge on any atom is 0.165 e. The predicted octanol–water partition coefficient (Wildman–Crippen LogP) is 0.882. The molecule has 1 aliphatic rings. The molecule has 0 saturated carbocycles. The summed E-state index contributed by atoms with van der Waals surface area (Å²) in [5.74, 6) is 0.00856. The maximum absolute atomic E-state index is 11.4. The monoisotopic (exact) mass is 178 g/mol. The highest BCUT2D eigenvalue weighted by Crippen LogP contribution is 2.28. The van der Waals surface area contributed by atoms with E-state index in [0.29, 0.717) is 17.5 Å². The molecule has 1 aromatic rings. The normalized spacial score (nSPS) is 21.3. The first-order chi connectivity index (χ1) is 6.18. The summed E-state index contributed by atoms with van der Waals surface area (Å²) in [5, 5.41) is 18.7. The fourth-order valence-corrected chi connectivity index (χ4v) is 1.68. The molecule has 1 unspecified atom stereocenters. The molecule has 0 amide bonds. The molecule has 3 heteroatoms.